The zero-order chi connectivity index (χ0) is 11.0. The van der Waals surface area contributed by atoms with Gasteiger partial charge in [0, 0.05) is 12.3 Å². The van der Waals surface area contributed by atoms with Gasteiger partial charge in [-0.3, -0.25) is 0 Å². The van der Waals surface area contributed by atoms with Crippen LogP contribution in [0.25, 0.3) is 0 Å². The van der Waals surface area contributed by atoms with Gasteiger partial charge in [-0.15, -0.1) is 0 Å². The Labute approximate surface area is 90.1 Å². The van der Waals surface area contributed by atoms with E-state index < -0.39 is 0 Å². The van der Waals surface area contributed by atoms with Crippen LogP contribution >= 0.6 is 0 Å². The zero-order valence-corrected chi connectivity index (χ0v) is 10.9. The molecule has 0 aromatic carbocycles. The number of rotatable bonds is 2. The van der Waals surface area contributed by atoms with Crippen LogP contribution in [0.2, 0.25) is 0 Å². The van der Waals surface area contributed by atoms with E-state index in [9.17, 15) is 0 Å². The molecule has 0 aromatic heterocycles. The fourth-order valence-corrected chi connectivity index (χ4v) is 2.75. The number of nitrogens with zero attached hydrogens (tertiary/aromatic N) is 1. The van der Waals surface area contributed by atoms with Gasteiger partial charge in [-0.25, -0.2) is 0 Å². The molecule has 0 N–H and O–H groups in total. The molecule has 2 unspecified atom stereocenters. The van der Waals surface area contributed by atoms with Crippen LogP contribution in [0.4, 0.5) is 0 Å². The Morgan fingerprint density at radius 1 is 1.29 bits per heavy atom. The van der Waals surface area contributed by atoms with E-state index in [0.29, 0.717) is 5.41 Å². The monoisotopic (exact) mass is 198 g/mol. The van der Waals surface area contributed by atoms with Gasteiger partial charge in [-0.1, -0.05) is 20.8 Å². The molecule has 2 atom stereocenters. The molecule has 0 aromatic rings. The van der Waals surface area contributed by atoms with Gasteiger partial charge in [0.15, 0.2) is 0 Å². The van der Waals surface area contributed by atoms with Crippen molar-refractivity contribution in [1.29, 1.82) is 0 Å². The van der Waals surface area contributed by atoms with E-state index >= 15 is 0 Å². The van der Waals surface area contributed by atoms with Crippen molar-refractivity contribution in [3.05, 3.63) is 0 Å². The van der Waals surface area contributed by atoms with Crippen LogP contribution in [-0.4, -0.2) is 30.7 Å². The second-order valence-corrected chi connectivity index (χ2v) is 6.90. The lowest BCUT2D eigenvalue weighted by atomic mass is 9.84. The minimum Gasteiger partial charge on any atom is -0.324 e. The van der Waals surface area contributed by atoms with Crippen LogP contribution in [0.3, 0.4) is 0 Å². The van der Waals surface area contributed by atoms with Crippen molar-refractivity contribution in [3.8, 4) is 0 Å². The third kappa shape index (κ3) is 2.98. The molecule has 1 aliphatic heterocycles. The highest BCUT2D eigenvalue weighted by molar-refractivity contribution is 4.73. The van der Waals surface area contributed by atoms with Gasteiger partial charge in [0.25, 0.3) is 0 Å². The number of hydrogen-bond acceptors (Lipinski definition) is 0. The predicted octanol–water partition coefficient (Wildman–Crippen LogP) is 3.30. The fourth-order valence-electron chi connectivity index (χ4n) is 2.75. The van der Waals surface area contributed by atoms with Crippen LogP contribution in [0, 0.1) is 11.3 Å². The lowest BCUT2D eigenvalue weighted by molar-refractivity contribution is -0.919. The molecule has 1 saturated heterocycles. The van der Waals surface area contributed by atoms with Crippen molar-refractivity contribution in [1.82, 2.24) is 0 Å². The zero-order valence-electron chi connectivity index (χ0n) is 10.9. The van der Waals surface area contributed by atoms with E-state index in [-0.39, 0.29) is 0 Å². The highest BCUT2D eigenvalue weighted by atomic mass is 15.4. The van der Waals surface area contributed by atoms with Crippen LogP contribution in [-0.2, 0) is 0 Å². The van der Waals surface area contributed by atoms with Crippen LogP contribution < -0.4 is 0 Å². The number of likely N-dealkylation sites (tertiary alicyclic amines) is 1. The van der Waals surface area contributed by atoms with Crippen molar-refractivity contribution in [2.24, 2.45) is 11.3 Å². The van der Waals surface area contributed by atoms with Crippen molar-refractivity contribution in [3.63, 3.8) is 0 Å². The van der Waals surface area contributed by atoms with Gasteiger partial charge in [-0.05, 0) is 25.7 Å². The molecule has 1 heterocycles. The summed E-state index contributed by atoms with van der Waals surface area (Å²) < 4.78 is 1.29. The summed E-state index contributed by atoms with van der Waals surface area (Å²) in [6.07, 6.45) is 2.83. The topological polar surface area (TPSA) is 0 Å². The second-order valence-electron chi connectivity index (χ2n) is 6.90. The van der Waals surface area contributed by atoms with Gasteiger partial charge in [0.2, 0.25) is 0 Å². The Bertz CT molecular complexity index is 190. The molecule has 0 radical (unpaired) electrons. The molecule has 1 fully saturated rings. The van der Waals surface area contributed by atoms with Gasteiger partial charge in [-0.2, -0.15) is 0 Å². The molecular formula is C13H28N+. The maximum atomic E-state index is 2.42. The summed E-state index contributed by atoms with van der Waals surface area (Å²) in [5.74, 6) is 0.961. The lowest BCUT2D eigenvalue weighted by Gasteiger charge is -2.34. The largest absolute Gasteiger partial charge is 0.324 e. The van der Waals surface area contributed by atoms with Gasteiger partial charge < -0.3 is 4.48 Å². The fraction of sp³-hybridized carbons (Fsp3) is 1.00. The van der Waals surface area contributed by atoms with Crippen LogP contribution in [0.1, 0.15) is 47.5 Å². The van der Waals surface area contributed by atoms with Gasteiger partial charge >= 0.3 is 0 Å². The summed E-state index contributed by atoms with van der Waals surface area (Å²) in [7, 11) is 2.42. The minimum atomic E-state index is 0.511. The summed E-state index contributed by atoms with van der Waals surface area (Å²) >= 11 is 0. The van der Waals surface area contributed by atoms with Crippen molar-refractivity contribution in [2.45, 2.75) is 53.5 Å². The molecule has 0 amide bonds. The van der Waals surface area contributed by atoms with E-state index in [0.717, 1.165) is 12.0 Å². The smallest absolute Gasteiger partial charge is 0.0831 e. The molecule has 1 aliphatic rings. The standard InChI is InChI=1S/C13H28N/c1-11(2)14(6)8-7-12(10-14)9-13(3,4)5/h11-12H,7-10H2,1-6H3/q+1. The molecule has 1 heteroatoms. The molecule has 0 saturated carbocycles. The average Bonchev–Trinajstić information content (AvgIpc) is 2.29. The number of hydrogen-bond donors (Lipinski definition) is 0. The molecule has 1 nitrogen and oxygen atoms in total. The summed E-state index contributed by atoms with van der Waals surface area (Å²) in [5.41, 5.74) is 0.511. The highest BCUT2D eigenvalue weighted by Crippen LogP contribution is 2.34. The first-order chi connectivity index (χ1) is 6.23. The second kappa shape index (κ2) is 3.84. The van der Waals surface area contributed by atoms with E-state index in [1.54, 1.807) is 0 Å². The molecule has 14 heavy (non-hydrogen) atoms. The van der Waals surface area contributed by atoms with Crippen molar-refractivity contribution >= 4 is 0 Å². The third-order valence-corrected chi connectivity index (χ3v) is 3.87. The maximum Gasteiger partial charge on any atom is 0.0831 e. The Hall–Kier alpha value is -0.0400. The summed E-state index contributed by atoms with van der Waals surface area (Å²) in [6, 6.07) is 0.792. The molecular weight excluding hydrogens is 170 g/mol. The Kier molecular flexibility index (Phi) is 3.30. The van der Waals surface area contributed by atoms with E-state index in [1.807, 2.05) is 0 Å². The molecule has 1 rings (SSSR count). The average molecular weight is 198 g/mol. The number of quaternary nitrogens is 1. The summed E-state index contributed by atoms with van der Waals surface area (Å²) in [4.78, 5) is 0. The minimum absolute atomic E-state index is 0.511. The van der Waals surface area contributed by atoms with E-state index in [2.05, 4.69) is 41.7 Å². The highest BCUT2D eigenvalue weighted by Gasteiger charge is 2.37. The van der Waals surface area contributed by atoms with E-state index in [1.165, 1.54) is 30.4 Å². The molecule has 0 aliphatic carbocycles. The predicted molar refractivity (Wildman–Crippen MR) is 63.2 cm³/mol. The molecule has 0 spiro atoms. The Morgan fingerprint density at radius 3 is 2.21 bits per heavy atom. The first-order valence-corrected chi connectivity index (χ1v) is 6.07. The first kappa shape index (κ1) is 12.0. The Morgan fingerprint density at radius 2 is 1.86 bits per heavy atom. The van der Waals surface area contributed by atoms with E-state index in [4.69, 9.17) is 0 Å². The van der Waals surface area contributed by atoms with Gasteiger partial charge in [0.05, 0.1) is 26.2 Å². The normalized spacial score (nSPS) is 34.1. The SMILES string of the molecule is CC(C)[N+]1(C)CCC(CC(C)(C)C)C1. The summed E-state index contributed by atoms with van der Waals surface area (Å²) in [6.45, 7) is 14.6. The van der Waals surface area contributed by atoms with Gasteiger partial charge in [0.1, 0.15) is 0 Å². The van der Waals surface area contributed by atoms with Crippen molar-refractivity contribution < 1.29 is 4.48 Å². The molecule has 0 bridgehead atoms. The van der Waals surface area contributed by atoms with Crippen LogP contribution in [0.15, 0.2) is 0 Å². The lowest BCUT2D eigenvalue weighted by Crippen LogP contribution is -2.47. The maximum absolute atomic E-state index is 2.42. The summed E-state index contributed by atoms with van der Waals surface area (Å²) in [5, 5.41) is 0. The third-order valence-electron chi connectivity index (χ3n) is 3.87. The molecule has 84 valence electrons. The van der Waals surface area contributed by atoms with Crippen molar-refractivity contribution in [2.75, 3.05) is 20.1 Å². The first-order valence-electron chi connectivity index (χ1n) is 6.07. The Balaban J connectivity index is 2.49. The van der Waals surface area contributed by atoms with Crippen LogP contribution in [0.5, 0.6) is 0 Å². The quantitative estimate of drug-likeness (QED) is 0.597.